The molecule has 1 aliphatic carbocycles. The summed E-state index contributed by atoms with van der Waals surface area (Å²) in [5, 5.41) is 0. The standard InChI is InChI=1S/C12H21NO/c1-13-8-6-10(7-9-13)11-4-2-3-5-12(11)14/h10-11H,2-9H2,1H3. The minimum Gasteiger partial charge on any atom is -0.306 e. The van der Waals surface area contributed by atoms with Crippen LogP contribution in [-0.4, -0.2) is 30.8 Å². The van der Waals surface area contributed by atoms with Crippen molar-refractivity contribution in [3.63, 3.8) is 0 Å². The first-order valence-corrected chi connectivity index (χ1v) is 5.98. The molecular formula is C12H21NO. The highest BCUT2D eigenvalue weighted by molar-refractivity contribution is 5.81. The van der Waals surface area contributed by atoms with Crippen molar-refractivity contribution in [2.75, 3.05) is 20.1 Å². The molecule has 1 aliphatic heterocycles. The van der Waals surface area contributed by atoms with E-state index in [4.69, 9.17) is 0 Å². The summed E-state index contributed by atoms with van der Waals surface area (Å²) >= 11 is 0. The maximum Gasteiger partial charge on any atom is 0.136 e. The molecule has 0 bridgehead atoms. The zero-order chi connectivity index (χ0) is 9.97. The Morgan fingerprint density at radius 2 is 1.86 bits per heavy atom. The lowest BCUT2D eigenvalue weighted by Crippen LogP contribution is -2.36. The van der Waals surface area contributed by atoms with E-state index >= 15 is 0 Å². The van der Waals surface area contributed by atoms with Gasteiger partial charge in [-0.3, -0.25) is 4.79 Å². The van der Waals surface area contributed by atoms with Crippen molar-refractivity contribution < 1.29 is 4.79 Å². The summed E-state index contributed by atoms with van der Waals surface area (Å²) in [6.45, 7) is 2.38. The molecule has 2 rings (SSSR count). The van der Waals surface area contributed by atoms with Crippen LogP contribution in [-0.2, 0) is 4.79 Å². The number of Topliss-reactive ketones (excluding diaryl/α,β-unsaturated/α-hetero) is 1. The van der Waals surface area contributed by atoms with Gasteiger partial charge in [0.1, 0.15) is 5.78 Å². The number of rotatable bonds is 1. The molecule has 1 heterocycles. The Kier molecular flexibility index (Phi) is 3.22. The lowest BCUT2D eigenvalue weighted by molar-refractivity contribution is -0.127. The Morgan fingerprint density at radius 3 is 2.50 bits per heavy atom. The Balaban J connectivity index is 1.90. The molecule has 0 aromatic rings. The fourth-order valence-corrected chi connectivity index (χ4v) is 2.94. The normalized spacial score (nSPS) is 32.1. The van der Waals surface area contributed by atoms with E-state index in [0.29, 0.717) is 17.6 Å². The highest BCUT2D eigenvalue weighted by Gasteiger charge is 2.31. The van der Waals surface area contributed by atoms with E-state index in [-0.39, 0.29) is 0 Å². The predicted octanol–water partition coefficient (Wildman–Crippen LogP) is 2.09. The van der Waals surface area contributed by atoms with E-state index in [1.165, 1.54) is 38.8 Å². The molecule has 1 unspecified atom stereocenters. The van der Waals surface area contributed by atoms with Crippen LogP contribution in [0.1, 0.15) is 38.5 Å². The maximum absolute atomic E-state index is 11.8. The Morgan fingerprint density at radius 1 is 1.14 bits per heavy atom. The number of likely N-dealkylation sites (tertiary alicyclic amines) is 1. The molecule has 0 aromatic heterocycles. The van der Waals surface area contributed by atoms with Crippen molar-refractivity contribution in [2.45, 2.75) is 38.5 Å². The SMILES string of the molecule is CN1CCC(C2CCCCC2=O)CC1. The monoisotopic (exact) mass is 195 g/mol. The van der Waals surface area contributed by atoms with E-state index in [0.717, 1.165) is 12.8 Å². The summed E-state index contributed by atoms with van der Waals surface area (Å²) in [6, 6.07) is 0. The largest absolute Gasteiger partial charge is 0.306 e. The first-order chi connectivity index (χ1) is 6.77. The molecule has 2 heteroatoms. The average molecular weight is 195 g/mol. The second-order valence-electron chi connectivity index (χ2n) is 4.96. The molecular weight excluding hydrogens is 174 g/mol. The summed E-state index contributed by atoms with van der Waals surface area (Å²) in [4.78, 5) is 14.1. The maximum atomic E-state index is 11.8. The minimum atomic E-state index is 0.428. The van der Waals surface area contributed by atoms with Crippen molar-refractivity contribution in [3.05, 3.63) is 0 Å². The van der Waals surface area contributed by atoms with E-state index in [2.05, 4.69) is 11.9 Å². The van der Waals surface area contributed by atoms with Crippen LogP contribution in [0.3, 0.4) is 0 Å². The smallest absolute Gasteiger partial charge is 0.136 e. The highest BCUT2D eigenvalue weighted by atomic mass is 16.1. The molecule has 0 aromatic carbocycles. The second-order valence-corrected chi connectivity index (χ2v) is 4.96. The molecule has 0 amide bonds. The van der Waals surface area contributed by atoms with Crippen molar-refractivity contribution in [3.8, 4) is 0 Å². The summed E-state index contributed by atoms with van der Waals surface area (Å²) in [5.74, 6) is 1.70. The number of nitrogens with zero attached hydrogens (tertiary/aromatic N) is 1. The third-order valence-corrected chi connectivity index (χ3v) is 3.93. The van der Waals surface area contributed by atoms with Gasteiger partial charge in [0, 0.05) is 12.3 Å². The average Bonchev–Trinajstić information content (AvgIpc) is 2.20. The van der Waals surface area contributed by atoms with Crippen LogP contribution in [0.4, 0.5) is 0 Å². The molecule has 1 saturated heterocycles. The van der Waals surface area contributed by atoms with E-state index in [1.807, 2.05) is 0 Å². The fourth-order valence-electron chi connectivity index (χ4n) is 2.94. The van der Waals surface area contributed by atoms with E-state index < -0.39 is 0 Å². The summed E-state index contributed by atoms with van der Waals surface area (Å²) in [6.07, 6.45) is 6.94. The number of carbonyl (C=O) groups excluding carboxylic acids is 1. The molecule has 0 radical (unpaired) electrons. The molecule has 0 N–H and O–H groups in total. The summed E-state index contributed by atoms with van der Waals surface area (Å²) in [7, 11) is 2.18. The van der Waals surface area contributed by atoms with Crippen LogP contribution in [0.5, 0.6) is 0 Å². The van der Waals surface area contributed by atoms with Crippen LogP contribution in [0.15, 0.2) is 0 Å². The van der Waals surface area contributed by atoms with Gasteiger partial charge in [0.15, 0.2) is 0 Å². The van der Waals surface area contributed by atoms with Crippen molar-refractivity contribution >= 4 is 5.78 Å². The first-order valence-electron chi connectivity index (χ1n) is 5.98. The summed E-state index contributed by atoms with van der Waals surface area (Å²) < 4.78 is 0. The number of ketones is 1. The van der Waals surface area contributed by atoms with Gasteiger partial charge in [-0.25, -0.2) is 0 Å². The number of hydrogen-bond donors (Lipinski definition) is 0. The van der Waals surface area contributed by atoms with Crippen molar-refractivity contribution in [2.24, 2.45) is 11.8 Å². The van der Waals surface area contributed by atoms with Gasteiger partial charge in [-0.05, 0) is 51.7 Å². The van der Waals surface area contributed by atoms with Gasteiger partial charge in [0.2, 0.25) is 0 Å². The lowest BCUT2D eigenvalue weighted by Gasteiger charge is -2.35. The molecule has 2 aliphatic rings. The van der Waals surface area contributed by atoms with Gasteiger partial charge in [-0.1, -0.05) is 6.42 Å². The minimum absolute atomic E-state index is 0.428. The van der Waals surface area contributed by atoms with Gasteiger partial charge in [-0.15, -0.1) is 0 Å². The van der Waals surface area contributed by atoms with Crippen LogP contribution in [0.25, 0.3) is 0 Å². The molecule has 14 heavy (non-hydrogen) atoms. The van der Waals surface area contributed by atoms with Gasteiger partial charge in [-0.2, -0.15) is 0 Å². The van der Waals surface area contributed by atoms with Crippen molar-refractivity contribution in [1.29, 1.82) is 0 Å². The zero-order valence-electron chi connectivity index (χ0n) is 9.17. The molecule has 80 valence electrons. The Hall–Kier alpha value is -0.370. The quantitative estimate of drug-likeness (QED) is 0.638. The molecule has 2 nitrogen and oxygen atoms in total. The molecule has 0 spiro atoms. The Bertz CT molecular complexity index is 206. The summed E-state index contributed by atoms with van der Waals surface area (Å²) in [5.41, 5.74) is 0. The number of hydrogen-bond acceptors (Lipinski definition) is 2. The first kappa shape index (κ1) is 10.2. The number of piperidine rings is 1. The highest BCUT2D eigenvalue weighted by Crippen LogP contribution is 2.33. The van der Waals surface area contributed by atoms with Gasteiger partial charge in [0.25, 0.3) is 0 Å². The van der Waals surface area contributed by atoms with Crippen LogP contribution in [0, 0.1) is 11.8 Å². The zero-order valence-corrected chi connectivity index (χ0v) is 9.17. The second kappa shape index (κ2) is 4.43. The molecule has 1 saturated carbocycles. The van der Waals surface area contributed by atoms with E-state index in [1.54, 1.807) is 0 Å². The Labute approximate surface area is 86.7 Å². The third kappa shape index (κ3) is 2.17. The lowest BCUT2D eigenvalue weighted by atomic mass is 9.75. The topological polar surface area (TPSA) is 20.3 Å². The van der Waals surface area contributed by atoms with Crippen LogP contribution < -0.4 is 0 Å². The van der Waals surface area contributed by atoms with Gasteiger partial charge in [0.05, 0.1) is 0 Å². The van der Waals surface area contributed by atoms with E-state index in [9.17, 15) is 4.79 Å². The van der Waals surface area contributed by atoms with Crippen LogP contribution >= 0.6 is 0 Å². The van der Waals surface area contributed by atoms with Gasteiger partial charge < -0.3 is 4.90 Å². The molecule has 1 atom stereocenters. The predicted molar refractivity (Wildman–Crippen MR) is 57.2 cm³/mol. The number of carbonyl (C=O) groups is 1. The van der Waals surface area contributed by atoms with Gasteiger partial charge >= 0.3 is 0 Å². The van der Waals surface area contributed by atoms with Crippen LogP contribution in [0.2, 0.25) is 0 Å². The fraction of sp³-hybridized carbons (Fsp3) is 0.917. The third-order valence-electron chi connectivity index (χ3n) is 3.93. The molecule has 2 fully saturated rings. The van der Waals surface area contributed by atoms with Crippen molar-refractivity contribution in [1.82, 2.24) is 4.90 Å².